The SMILES string of the molecule is C=CCC.FC(F)(F)C(F)(F)C(F)(Br)C(F)(F)I. The highest BCUT2D eigenvalue weighted by molar-refractivity contribution is 14.1. The summed E-state index contributed by atoms with van der Waals surface area (Å²) in [5.74, 6) is -6.19. The molecule has 0 nitrogen and oxygen atoms in total. The Labute approximate surface area is 120 Å². The zero-order valence-electron chi connectivity index (χ0n) is 8.77. The average Bonchev–Trinajstić information content (AvgIpc) is 2.14. The summed E-state index contributed by atoms with van der Waals surface area (Å²) in [4.78, 5) is 0. The van der Waals surface area contributed by atoms with Gasteiger partial charge in [-0.3, -0.25) is 0 Å². The van der Waals surface area contributed by atoms with Crippen LogP contribution < -0.4 is 0 Å². The number of rotatable bonds is 3. The summed E-state index contributed by atoms with van der Waals surface area (Å²) in [6, 6.07) is 0. The molecule has 0 aliphatic carbocycles. The minimum absolute atomic E-state index is 0.151. The fourth-order valence-corrected chi connectivity index (χ4v) is 0.920. The molecule has 0 N–H and O–H groups in total. The average molecular weight is 463 g/mol. The van der Waals surface area contributed by atoms with Gasteiger partial charge in [-0.25, -0.2) is 4.39 Å². The van der Waals surface area contributed by atoms with E-state index in [9.17, 15) is 35.1 Å². The Morgan fingerprint density at radius 1 is 1.06 bits per heavy atom. The Balaban J connectivity index is 0. The molecule has 10 heteroatoms. The Morgan fingerprint density at radius 3 is 1.39 bits per heavy atom. The molecule has 18 heavy (non-hydrogen) atoms. The van der Waals surface area contributed by atoms with Gasteiger partial charge in [0.25, 0.3) is 0 Å². The molecule has 0 aliphatic heterocycles. The van der Waals surface area contributed by atoms with Crippen LogP contribution in [0.25, 0.3) is 0 Å². The highest BCUT2D eigenvalue weighted by Crippen LogP contribution is 2.57. The highest BCUT2D eigenvalue weighted by Gasteiger charge is 2.78. The Hall–Kier alpha value is 0.390. The lowest BCUT2D eigenvalue weighted by atomic mass is 10.2. The Kier molecular flexibility index (Phi) is 7.71. The molecule has 0 aromatic carbocycles. The fraction of sp³-hybridized carbons (Fsp3) is 0.750. The van der Waals surface area contributed by atoms with Crippen molar-refractivity contribution >= 4 is 38.5 Å². The second-order valence-corrected chi connectivity index (χ2v) is 5.29. The van der Waals surface area contributed by atoms with E-state index < -0.39 is 20.6 Å². The second kappa shape index (κ2) is 6.71. The van der Waals surface area contributed by atoms with E-state index in [4.69, 9.17) is 0 Å². The van der Waals surface area contributed by atoms with E-state index in [1.54, 1.807) is 0 Å². The molecule has 0 spiro atoms. The zero-order valence-corrected chi connectivity index (χ0v) is 12.5. The summed E-state index contributed by atoms with van der Waals surface area (Å²) >= 11 is 0.915. The van der Waals surface area contributed by atoms with Gasteiger partial charge < -0.3 is 0 Å². The zero-order chi connectivity index (χ0) is 15.4. The van der Waals surface area contributed by atoms with Crippen LogP contribution in [0.15, 0.2) is 12.7 Å². The maximum Gasteiger partial charge on any atom is 0.458 e. The summed E-state index contributed by atoms with van der Waals surface area (Å²) in [6.45, 7) is 5.54. The summed E-state index contributed by atoms with van der Waals surface area (Å²) in [5, 5.41) is 0. The van der Waals surface area contributed by atoms with E-state index in [1.165, 1.54) is 0 Å². The monoisotopic (exact) mass is 462 g/mol. The summed E-state index contributed by atoms with van der Waals surface area (Å²) in [6.07, 6.45) is -3.44. The van der Waals surface area contributed by atoms with Gasteiger partial charge in [-0.05, 0) is 22.4 Å². The molecule has 1 atom stereocenters. The van der Waals surface area contributed by atoms with Gasteiger partial charge in [0.1, 0.15) is 0 Å². The largest absolute Gasteiger partial charge is 0.458 e. The first-order valence-corrected chi connectivity index (χ1v) is 6.04. The Morgan fingerprint density at radius 2 is 1.33 bits per heavy atom. The van der Waals surface area contributed by atoms with Crippen molar-refractivity contribution in [3.8, 4) is 0 Å². The number of hydrogen-bond donors (Lipinski definition) is 0. The van der Waals surface area contributed by atoms with Gasteiger partial charge in [-0.15, -0.1) is 6.58 Å². The van der Waals surface area contributed by atoms with Crippen LogP contribution in [0.3, 0.4) is 0 Å². The lowest BCUT2D eigenvalue weighted by molar-refractivity contribution is -0.323. The minimum atomic E-state index is -6.40. The van der Waals surface area contributed by atoms with Gasteiger partial charge in [0.05, 0.1) is 0 Å². The summed E-state index contributed by atoms with van der Waals surface area (Å²) < 4.78 is 85.5. The van der Waals surface area contributed by atoms with Gasteiger partial charge in [0, 0.05) is 22.6 Å². The van der Waals surface area contributed by atoms with Crippen molar-refractivity contribution in [3.05, 3.63) is 12.7 Å². The van der Waals surface area contributed by atoms with Gasteiger partial charge in [0.15, 0.2) is 0 Å². The third-order valence-corrected chi connectivity index (χ3v) is 3.88. The standard InChI is InChI=1S/C4BrF8I.C4H8/c5-1(6,4(12,13)14)2(7,8)3(9,10)11;1-3-4-2/h;3H,1,4H2,2H3. The van der Waals surface area contributed by atoms with E-state index in [2.05, 4.69) is 13.5 Å². The summed E-state index contributed by atoms with van der Waals surface area (Å²) in [5.41, 5.74) is 0. The second-order valence-electron chi connectivity index (χ2n) is 2.84. The smallest absolute Gasteiger partial charge is 0.216 e. The third-order valence-electron chi connectivity index (χ3n) is 1.40. The first-order chi connectivity index (χ1) is 7.66. The Bertz CT molecular complexity index is 243. The number of alkyl halides is 10. The molecule has 0 amide bonds. The first-order valence-electron chi connectivity index (χ1n) is 4.16. The molecule has 0 saturated carbocycles. The van der Waals surface area contributed by atoms with Crippen molar-refractivity contribution in [2.24, 2.45) is 0 Å². The molecule has 0 saturated heterocycles. The van der Waals surface area contributed by atoms with Crippen LogP contribution in [-0.4, -0.2) is 20.6 Å². The van der Waals surface area contributed by atoms with Gasteiger partial charge in [-0.1, -0.05) is 13.0 Å². The molecule has 0 fully saturated rings. The van der Waals surface area contributed by atoms with Crippen molar-refractivity contribution in [1.82, 2.24) is 0 Å². The molecule has 0 aliphatic rings. The van der Waals surface area contributed by atoms with E-state index in [-0.39, 0.29) is 22.6 Å². The minimum Gasteiger partial charge on any atom is -0.216 e. The molecule has 0 aromatic rings. The third kappa shape index (κ3) is 4.82. The fourth-order valence-electron chi connectivity index (χ4n) is 0.356. The van der Waals surface area contributed by atoms with Gasteiger partial charge >= 0.3 is 20.6 Å². The van der Waals surface area contributed by atoms with Crippen LogP contribution in [0.1, 0.15) is 13.3 Å². The predicted molar refractivity (Wildman–Crippen MR) is 63.2 cm³/mol. The van der Waals surface area contributed by atoms with Crippen LogP contribution in [0.2, 0.25) is 0 Å². The molecule has 0 bridgehead atoms. The van der Waals surface area contributed by atoms with Crippen molar-refractivity contribution in [3.63, 3.8) is 0 Å². The molecular weight excluding hydrogens is 455 g/mol. The van der Waals surface area contributed by atoms with Crippen LogP contribution in [-0.2, 0) is 0 Å². The van der Waals surface area contributed by atoms with E-state index >= 15 is 0 Å². The highest BCUT2D eigenvalue weighted by atomic mass is 127. The lowest BCUT2D eigenvalue weighted by Gasteiger charge is -2.32. The molecule has 0 aromatic heterocycles. The van der Waals surface area contributed by atoms with Crippen molar-refractivity contribution < 1.29 is 35.1 Å². The van der Waals surface area contributed by atoms with Crippen LogP contribution >= 0.6 is 38.5 Å². The van der Waals surface area contributed by atoms with E-state index in [0.29, 0.717) is 0 Å². The van der Waals surface area contributed by atoms with Crippen LogP contribution in [0, 0.1) is 0 Å². The van der Waals surface area contributed by atoms with Crippen molar-refractivity contribution in [2.45, 2.75) is 34.0 Å². The quantitative estimate of drug-likeness (QED) is 0.213. The van der Waals surface area contributed by atoms with Gasteiger partial charge in [0.2, 0.25) is 0 Å². The van der Waals surface area contributed by atoms with Gasteiger partial charge in [-0.2, -0.15) is 30.7 Å². The normalized spacial score (nSPS) is 16.4. The predicted octanol–water partition coefficient (Wildman–Crippen LogP) is 5.85. The molecule has 0 radical (unpaired) electrons. The maximum atomic E-state index is 12.6. The van der Waals surface area contributed by atoms with Crippen molar-refractivity contribution in [2.75, 3.05) is 0 Å². The van der Waals surface area contributed by atoms with E-state index in [1.807, 2.05) is 6.08 Å². The van der Waals surface area contributed by atoms with Crippen molar-refractivity contribution in [1.29, 1.82) is 0 Å². The topological polar surface area (TPSA) is 0 Å². The van der Waals surface area contributed by atoms with Crippen LogP contribution in [0.4, 0.5) is 35.1 Å². The summed E-state index contributed by atoms with van der Waals surface area (Å²) in [7, 11) is 0. The molecule has 0 rings (SSSR count). The molecular formula is C8H8BrF8I. The van der Waals surface area contributed by atoms with E-state index in [0.717, 1.165) is 22.4 Å². The van der Waals surface area contributed by atoms with Crippen LogP contribution in [0.5, 0.6) is 0 Å². The number of allylic oxidation sites excluding steroid dienone is 1. The lowest BCUT2D eigenvalue weighted by Crippen LogP contribution is -2.57. The maximum absolute atomic E-state index is 12.6. The molecule has 0 heterocycles. The first kappa shape index (κ1) is 20.7. The number of halogens is 10. The molecule has 110 valence electrons. The molecule has 1 unspecified atom stereocenters. The number of hydrogen-bond acceptors (Lipinski definition) is 0.